The Hall–Kier alpha value is -2.89. The van der Waals surface area contributed by atoms with Crippen molar-refractivity contribution >= 4 is 5.91 Å². The second-order valence-corrected chi connectivity index (χ2v) is 6.01. The summed E-state index contributed by atoms with van der Waals surface area (Å²) in [6.45, 7) is 1.83. The average molecular weight is 323 g/mol. The highest BCUT2D eigenvalue weighted by Gasteiger charge is 2.29. The second-order valence-electron chi connectivity index (χ2n) is 6.01. The maximum absolute atomic E-state index is 12.4. The van der Waals surface area contributed by atoms with Gasteiger partial charge in [0, 0.05) is 17.0 Å². The Labute approximate surface area is 138 Å². The summed E-state index contributed by atoms with van der Waals surface area (Å²) >= 11 is 0. The van der Waals surface area contributed by atoms with Crippen LogP contribution in [0.15, 0.2) is 51.6 Å². The molecule has 1 amide bonds. The zero-order valence-corrected chi connectivity index (χ0v) is 13.2. The molecule has 1 aromatic carbocycles. The molecule has 1 aliphatic rings. The summed E-state index contributed by atoms with van der Waals surface area (Å²) in [5.41, 5.74) is 1.50. The highest BCUT2D eigenvalue weighted by atomic mass is 16.5. The van der Waals surface area contributed by atoms with Gasteiger partial charge in [-0.15, -0.1) is 0 Å². The maximum Gasteiger partial charge on any atom is 0.251 e. The van der Waals surface area contributed by atoms with Crippen LogP contribution in [0, 0.1) is 0 Å². The number of furan rings is 1. The third kappa shape index (κ3) is 2.95. The number of amides is 1. The lowest BCUT2D eigenvalue weighted by Gasteiger charge is -2.10. The fraction of sp³-hybridized carbons (Fsp3) is 0.278. The monoisotopic (exact) mass is 323 g/mol. The molecule has 24 heavy (non-hydrogen) atoms. The van der Waals surface area contributed by atoms with Gasteiger partial charge in [0.15, 0.2) is 5.82 Å². The van der Waals surface area contributed by atoms with Gasteiger partial charge < -0.3 is 14.3 Å². The molecule has 1 N–H and O–H groups in total. The topological polar surface area (TPSA) is 81.2 Å². The van der Waals surface area contributed by atoms with E-state index in [2.05, 4.69) is 15.5 Å². The van der Waals surface area contributed by atoms with Crippen LogP contribution < -0.4 is 5.32 Å². The summed E-state index contributed by atoms with van der Waals surface area (Å²) in [5, 5.41) is 6.85. The Balaban J connectivity index is 1.43. The molecule has 4 rings (SSSR count). The van der Waals surface area contributed by atoms with Gasteiger partial charge >= 0.3 is 0 Å². The van der Waals surface area contributed by atoms with E-state index in [1.165, 1.54) is 0 Å². The third-order valence-electron chi connectivity index (χ3n) is 4.07. The van der Waals surface area contributed by atoms with E-state index in [0.717, 1.165) is 30.0 Å². The number of hydrogen-bond acceptors (Lipinski definition) is 5. The second kappa shape index (κ2) is 5.96. The van der Waals surface area contributed by atoms with Crippen molar-refractivity contribution in [3.8, 4) is 11.3 Å². The van der Waals surface area contributed by atoms with E-state index in [9.17, 15) is 4.79 Å². The predicted molar refractivity (Wildman–Crippen MR) is 86.3 cm³/mol. The number of rotatable bonds is 5. The minimum Gasteiger partial charge on any atom is -0.464 e. The number of nitrogens with zero attached hydrogens (tertiary/aromatic N) is 2. The van der Waals surface area contributed by atoms with Crippen molar-refractivity contribution in [2.45, 2.75) is 31.7 Å². The number of hydrogen-bond donors (Lipinski definition) is 1. The van der Waals surface area contributed by atoms with Crippen molar-refractivity contribution < 1.29 is 13.7 Å². The first kappa shape index (κ1) is 14.7. The van der Waals surface area contributed by atoms with Crippen LogP contribution in [0.25, 0.3) is 11.3 Å². The third-order valence-corrected chi connectivity index (χ3v) is 4.07. The van der Waals surface area contributed by atoms with Gasteiger partial charge in [-0.1, -0.05) is 17.3 Å². The number of benzene rings is 1. The molecular formula is C18H17N3O3. The molecule has 1 fully saturated rings. The molecule has 1 aliphatic carbocycles. The summed E-state index contributed by atoms with van der Waals surface area (Å²) in [6.07, 6.45) is 3.85. The Morgan fingerprint density at radius 3 is 2.71 bits per heavy atom. The first-order valence-electron chi connectivity index (χ1n) is 7.99. The van der Waals surface area contributed by atoms with Crippen molar-refractivity contribution in [3.63, 3.8) is 0 Å². The summed E-state index contributed by atoms with van der Waals surface area (Å²) in [7, 11) is 0. The molecule has 0 bridgehead atoms. The Morgan fingerprint density at radius 1 is 1.25 bits per heavy atom. The first-order valence-corrected chi connectivity index (χ1v) is 7.99. The molecule has 6 heteroatoms. The molecule has 0 unspecified atom stereocenters. The summed E-state index contributed by atoms with van der Waals surface area (Å²) in [4.78, 5) is 16.7. The van der Waals surface area contributed by atoms with Crippen LogP contribution in [0.5, 0.6) is 0 Å². The summed E-state index contributed by atoms with van der Waals surface area (Å²) < 4.78 is 10.6. The van der Waals surface area contributed by atoms with E-state index in [1.54, 1.807) is 18.4 Å². The molecule has 2 aromatic heterocycles. The molecule has 1 atom stereocenters. The molecular weight excluding hydrogens is 306 g/mol. The first-order chi connectivity index (χ1) is 11.7. The fourth-order valence-electron chi connectivity index (χ4n) is 2.50. The molecule has 0 radical (unpaired) electrons. The van der Waals surface area contributed by atoms with E-state index in [1.807, 2.05) is 31.2 Å². The lowest BCUT2D eigenvalue weighted by molar-refractivity contribution is 0.0932. The molecule has 0 spiro atoms. The SMILES string of the molecule is C[C@@H](NC(=O)c1ccc(-c2ccco2)cc1)c1nc(C2CC2)no1. The van der Waals surface area contributed by atoms with Crippen LogP contribution in [0.2, 0.25) is 0 Å². The minimum atomic E-state index is -0.331. The van der Waals surface area contributed by atoms with Gasteiger partial charge in [-0.25, -0.2) is 0 Å². The quantitative estimate of drug-likeness (QED) is 0.774. The largest absolute Gasteiger partial charge is 0.464 e. The number of carbonyl (C=O) groups is 1. The van der Waals surface area contributed by atoms with Crippen molar-refractivity contribution in [1.82, 2.24) is 15.5 Å². The Bertz CT molecular complexity index is 833. The molecule has 6 nitrogen and oxygen atoms in total. The molecule has 0 aliphatic heterocycles. The van der Waals surface area contributed by atoms with E-state index >= 15 is 0 Å². The average Bonchev–Trinajstić information content (AvgIpc) is 3.12. The van der Waals surface area contributed by atoms with Gasteiger partial charge in [0.25, 0.3) is 5.91 Å². The number of aromatic nitrogens is 2. The highest BCUT2D eigenvalue weighted by molar-refractivity contribution is 5.94. The van der Waals surface area contributed by atoms with Gasteiger partial charge in [0.2, 0.25) is 5.89 Å². The lowest BCUT2D eigenvalue weighted by atomic mass is 10.1. The van der Waals surface area contributed by atoms with Gasteiger partial charge in [0.05, 0.1) is 6.26 Å². The van der Waals surface area contributed by atoms with E-state index in [-0.39, 0.29) is 11.9 Å². The number of carbonyl (C=O) groups excluding carboxylic acids is 1. The van der Waals surface area contributed by atoms with Gasteiger partial charge in [-0.2, -0.15) is 4.98 Å². The van der Waals surface area contributed by atoms with Gasteiger partial charge in [0.1, 0.15) is 11.8 Å². The van der Waals surface area contributed by atoms with E-state index < -0.39 is 0 Å². The smallest absolute Gasteiger partial charge is 0.251 e. The standard InChI is InChI=1S/C18H17N3O3/c1-11(18-20-16(21-24-18)13-6-7-13)19-17(22)14-8-4-12(5-9-14)15-3-2-10-23-15/h2-5,8-11,13H,6-7H2,1H3,(H,19,22)/t11-/m1/s1. The molecule has 3 aromatic rings. The maximum atomic E-state index is 12.4. The van der Waals surface area contributed by atoms with Crippen molar-refractivity contribution in [2.75, 3.05) is 0 Å². The van der Waals surface area contributed by atoms with Crippen LogP contribution in [0.3, 0.4) is 0 Å². The highest BCUT2D eigenvalue weighted by Crippen LogP contribution is 2.38. The van der Waals surface area contributed by atoms with Gasteiger partial charge in [-0.05, 0) is 44.0 Å². The van der Waals surface area contributed by atoms with Crippen LogP contribution >= 0.6 is 0 Å². The number of nitrogens with one attached hydrogen (secondary N) is 1. The van der Waals surface area contributed by atoms with E-state index in [0.29, 0.717) is 17.4 Å². The van der Waals surface area contributed by atoms with Crippen LogP contribution in [0.1, 0.15) is 53.8 Å². The van der Waals surface area contributed by atoms with Crippen molar-refractivity contribution in [2.24, 2.45) is 0 Å². The van der Waals surface area contributed by atoms with E-state index in [4.69, 9.17) is 8.94 Å². The molecule has 122 valence electrons. The predicted octanol–water partition coefficient (Wildman–Crippen LogP) is 3.70. The Kier molecular flexibility index (Phi) is 3.65. The fourth-order valence-corrected chi connectivity index (χ4v) is 2.50. The normalized spacial score (nSPS) is 15.2. The molecule has 1 saturated carbocycles. The zero-order chi connectivity index (χ0) is 16.5. The van der Waals surface area contributed by atoms with Crippen molar-refractivity contribution in [3.05, 3.63) is 59.9 Å². The van der Waals surface area contributed by atoms with Crippen LogP contribution in [-0.2, 0) is 0 Å². The summed E-state index contributed by atoms with van der Waals surface area (Å²) in [6, 6.07) is 10.6. The zero-order valence-electron chi connectivity index (χ0n) is 13.2. The van der Waals surface area contributed by atoms with Crippen molar-refractivity contribution in [1.29, 1.82) is 0 Å². The Morgan fingerprint density at radius 2 is 2.04 bits per heavy atom. The summed E-state index contributed by atoms with van der Waals surface area (Å²) in [5.74, 6) is 2.21. The van der Waals surface area contributed by atoms with Gasteiger partial charge in [-0.3, -0.25) is 4.79 Å². The minimum absolute atomic E-state index is 0.181. The molecule has 0 saturated heterocycles. The van der Waals surface area contributed by atoms with Crippen LogP contribution in [0.4, 0.5) is 0 Å². The molecule has 2 heterocycles. The lowest BCUT2D eigenvalue weighted by Crippen LogP contribution is -2.26. The van der Waals surface area contributed by atoms with Crippen LogP contribution in [-0.4, -0.2) is 16.0 Å².